The molecule has 0 N–H and O–H groups in total. The maximum Gasteiger partial charge on any atom is 0.0968 e. The van der Waals surface area contributed by atoms with Crippen LogP contribution < -0.4 is 4.90 Å². The number of fused-ring (bicyclic) bond motifs is 3. The van der Waals surface area contributed by atoms with Crippen LogP contribution in [0.15, 0.2) is 164 Å². The van der Waals surface area contributed by atoms with Gasteiger partial charge in [0.15, 0.2) is 0 Å². The quantitative estimate of drug-likeness (QED) is 0.197. The van der Waals surface area contributed by atoms with Gasteiger partial charge in [-0.15, -0.1) is 0 Å². The number of aryl methyl sites for hydroxylation is 1. The molecule has 0 aliphatic heterocycles. The van der Waals surface area contributed by atoms with Crippen LogP contribution in [0.5, 0.6) is 0 Å². The third kappa shape index (κ3) is 4.83. The van der Waals surface area contributed by atoms with Crippen molar-refractivity contribution in [1.29, 1.82) is 0 Å². The summed E-state index contributed by atoms with van der Waals surface area (Å²) in [5.74, 6) is 0. The first-order chi connectivity index (χ1) is 22.2. The van der Waals surface area contributed by atoms with Crippen molar-refractivity contribution in [3.63, 3.8) is 0 Å². The van der Waals surface area contributed by atoms with Crippen molar-refractivity contribution in [2.45, 2.75) is 6.92 Å². The molecule has 6 aromatic carbocycles. The number of benzene rings is 6. The average Bonchev–Trinajstić information content (AvgIpc) is 3.44. The first kappa shape index (κ1) is 26.6. The highest BCUT2D eigenvalue weighted by Crippen LogP contribution is 2.40. The zero-order valence-corrected chi connectivity index (χ0v) is 24.9. The van der Waals surface area contributed by atoms with Crippen LogP contribution in [0, 0.1) is 6.92 Å². The van der Waals surface area contributed by atoms with Crippen molar-refractivity contribution in [2.75, 3.05) is 4.90 Å². The number of nitrogens with zero attached hydrogens (tertiary/aromatic N) is 4. The number of para-hydroxylation sites is 3. The normalized spacial score (nSPS) is 11.2. The Kier molecular flexibility index (Phi) is 6.65. The van der Waals surface area contributed by atoms with E-state index >= 15 is 0 Å². The molecule has 0 saturated heterocycles. The van der Waals surface area contributed by atoms with Gasteiger partial charge in [0.2, 0.25) is 0 Å². The Morgan fingerprint density at radius 1 is 0.489 bits per heavy atom. The van der Waals surface area contributed by atoms with Gasteiger partial charge < -0.3 is 9.47 Å². The number of hydrogen-bond donors (Lipinski definition) is 0. The lowest BCUT2D eigenvalue weighted by Gasteiger charge is -2.26. The molecular weight excluding hydrogens is 548 g/mol. The summed E-state index contributed by atoms with van der Waals surface area (Å²) >= 11 is 0. The molecule has 0 bridgehead atoms. The number of rotatable bonds is 6. The van der Waals surface area contributed by atoms with E-state index in [1.807, 2.05) is 31.3 Å². The minimum atomic E-state index is 0.875. The Balaban J connectivity index is 1.26. The van der Waals surface area contributed by atoms with E-state index in [1.165, 1.54) is 21.8 Å². The van der Waals surface area contributed by atoms with Crippen LogP contribution in [-0.4, -0.2) is 14.5 Å². The topological polar surface area (TPSA) is 34.0 Å². The Bertz CT molecular complexity index is 2260. The van der Waals surface area contributed by atoms with Crippen molar-refractivity contribution in [1.82, 2.24) is 14.5 Å². The Morgan fingerprint density at radius 2 is 1.07 bits per heavy atom. The first-order valence-corrected chi connectivity index (χ1v) is 15.2. The van der Waals surface area contributed by atoms with Crippen LogP contribution in [0.3, 0.4) is 0 Å². The standard InChI is InChI=1S/C41H30N4/c1-29-28-42-40(41(43-29)30-13-5-2-6-14-30)31-21-23-34(24-22-31)44(32-15-7-3-8-16-32)35-25-26-39-37(27-35)36-19-11-12-20-38(36)45(39)33-17-9-4-10-18-33/h2-28H,1H3. The van der Waals surface area contributed by atoms with Gasteiger partial charge in [-0.2, -0.15) is 0 Å². The summed E-state index contributed by atoms with van der Waals surface area (Å²) in [5, 5.41) is 2.44. The van der Waals surface area contributed by atoms with Gasteiger partial charge >= 0.3 is 0 Å². The van der Waals surface area contributed by atoms with E-state index < -0.39 is 0 Å². The molecule has 2 heterocycles. The second-order valence-electron chi connectivity index (χ2n) is 11.2. The lowest BCUT2D eigenvalue weighted by molar-refractivity contribution is 1.13. The van der Waals surface area contributed by atoms with E-state index in [0.29, 0.717) is 0 Å². The molecule has 0 atom stereocenters. The molecule has 0 aliphatic rings. The van der Waals surface area contributed by atoms with E-state index in [9.17, 15) is 0 Å². The highest BCUT2D eigenvalue weighted by atomic mass is 15.1. The van der Waals surface area contributed by atoms with E-state index in [4.69, 9.17) is 9.97 Å². The molecule has 0 aliphatic carbocycles. The average molecular weight is 579 g/mol. The monoisotopic (exact) mass is 578 g/mol. The predicted molar refractivity (Wildman–Crippen MR) is 187 cm³/mol. The van der Waals surface area contributed by atoms with Crippen LogP contribution in [0.1, 0.15) is 5.69 Å². The molecule has 0 amide bonds. The summed E-state index contributed by atoms with van der Waals surface area (Å²) in [5.41, 5.74) is 11.5. The van der Waals surface area contributed by atoms with Crippen molar-refractivity contribution in [2.24, 2.45) is 0 Å². The van der Waals surface area contributed by atoms with E-state index in [0.717, 1.165) is 51.0 Å². The smallest absolute Gasteiger partial charge is 0.0968 e. The van der Waals surface area contributed by atoms with Gasteiger partial charge in [0, 0.05) is 50.8 Å². The summed E-state index contributed by atoms with van der Waals surface area (Å²) in [6.07, 6.45) is 1.84. The second kappa shape index (κ2) is 11.3. The zero-order chi connectivity index (χ0) is 30.2. The molecule has 2 aromatic heterocycles. The fourth-order valence-electron chi connectivity index (χ4n) is 6.23. The molecule has 0 saturated carbocycles. The van der Waals surface area contributed by atoms with Gasteiger partial charge in [-0.05, 0) is 67.6 Å². The molecule has 8 rings (SSSR count). The largest absolute Gasteiger partial charge is 0.310 e. The van der Waals surface area contributed by atoms with Crippen molar-refractivity contribution in [3.05, 3.63) is 170 Å². The number of aromatic nitrogens is 3. The van der Waals surface area contributed by atoms with Crippen molar-refractivity contribution >= 4 is 38.9 Å². The molecule has 0 fully saturated rings. The first-order valence-electron chi connectivity index (χ1n) is 15.2. The minimum absolute atomic E-state index is 0.875. The van der Waals surface area contributed by atoms with Crippen LogP contribution in [0.25, 0.3) is 50.0 Å². The van der Waals surface area contributed by atoms with Crippen LogP contribution in [0.2, 0.25) is 0 Å². The molecule has 8 aromatic rings. The molecule has 0 spiro atoms. The van der Waals surface area contributed by atoms with E-state index in [1.54, 1.807) is 0 Å². The Hall–Kier alpha value is -6.00. The van der Waals surface area contributed by atoms with Crippen LogP contribution >= 0.6 is 0 Å². The SMILES string of the molecule is Cc1cnc(-c2ccc(N(c3ccccc3)c3ccc4c(c3)c3ccccc3n4-c3ccccc3)cc2)c(-c2ccccc2)n1. The van der Waals surface area contributed by atoms with Gasteiger partial charge in [0.05, 0.1) is 28.1 Å². The van der Waals surface area contributed by atoms with Gasteiger partial charge in [-0.25, -0.2) is 4.98 Å². The van der Waals surface area contributed by atoms with Crippen LogP contribution in [0.4, 0.5) is 17.1 Å². The maximum atomic E-state index is 4.88. The van der Waals surface area contributed by atoms with Crippen molar-refractivity contribution in [3.8, 4) is 28.2 Å². The lowest BCUT2D eigenvalue weighted by atomic mass is 10.0. The molecule has 214 valence electrons. The fraction of sp³-hybridized carbons (Fsp3) is 0.0244. The van der Waals surface area contributed by atoms with E-state index in [2.05, 4.69) is 149 Å². The lowest BCUT2D eigenvalue weighted by Crippen LogP contribution is -2.09. The summed E-state index contributed by atoms with van der Waals surface area (Å²) in [6, 6.07) is 55.5. The third-order valence-corrected chi connectivity index (χ3v) is 8.28. The van der Waals surface area contributed by atoms with Gasteiger partial charge in [-0.3, -0.25) is 4.98 Å². The van der Waals surface area contributed by atoms with Gasteiger partial charge in [0.25, 0.3) is 0 Å². The van der Waals surface area contributed by atoms with E-state index in [-0.39, 0.29) is 0 Å². The van der Waals surface area contributed by atoms with Gasteiger partial charge in [0.1, 0.15) is 0 Å². The number of hydrogen-bond acceptors (Lipinski definition) is 3. The molecule has 4 heteroatoms. The Labute approximate surface area is 262 Å². The molecule has 0 radical (unpaired) electrons. The van der Waals surface area contributed by atoms with Crippen LogP contribution in [-0.2, 0) is 0 Å². The summed E-state index contributed by atoms with van der Waals surface area (Å²) in [7, 11) is 0. The minimum Gasteiger partial charge on any atom is -0.310 e. The fourth-order valence-corrected chi connectivity index (χ4v) is 6.23. The van der Waals surface area contributed by atoms with Gasteiger partial charge in [-0.1, -0.05) is 97.1 Å². The predicted octanol–water partition coefficient (Wildman–Crippen LogP) is 10.7. The summed E-state index contributed by atoms with van der Waals surface area (Å²) in [4.78, 5) is 12.0. The molecule has 45 heavy (non-hydrogen) atoms. The maximum absolute atomic E-state index is 4.88. The number of anilines is 3. The third-order valence-electron chi connectivity index (χ3n) is 8.28. The molecule has 0 unspecified atom stereocenters. The highest BCUT2D eigenvalue weighted by Gasteiger charge is 2.18. The van der Waals surface area contributed by atoms with Crippen molar-refractivity contribution < 1.29 is 0 Å². The zero-order valence-electron chi connectivity index (χ0n) is 24.9. The second-order valence-corrected chi connectivity index (χ2v) is 11.2. The summed E-state index contributed by atoms with van der Waals surface area (Å²) in [6.45, 7) is 1.98. The molecule has 4 nitrogen and oxygen atoms in total. The molecular formula is C41H30N4. The highest BCUT2D eigenvalue weighted by molar-refractivity contribution is 6.10. The summed E-state index contributed by atoms with van der Waals surface area (Å²) < 4.78 is 2.35. The Morgan fingerprint density at radius 3 is 1.82 bits per heavy atom.